The van der Waals surface area contributed by atoms with Gasteiger partial charge in [-0.1, -0.05) is 13.8 Å². The van der Waals surface area contributed by atoms with Gasteiger partial charge in [0, 0.05) is 36.5 Å². The first-order valence-electron chi connectivity index (χ1n) is 10.4. The number of benzene rings is 1. The zero-order chi connectivity index (χ0) is 21.3. The molecule has 6 nitrogen and oxygen atoms in total. The van der Waals surface area contributed by atoms with Crippen LogP contribution in [0.25, 0.3) is 0 Å². The summed E-state index contributed by atoms with van der Waals surface area (Å²) in [7, 11) is 0. The van der Waals surface area contributed by atoms with Gasteiger partial charge in [0.25, 0.3) is 0 Å². The van der Waals surface area contributed by atoms with Crippen LogP contribution < -0.4 is 10.2 Å². The van der Waals surface area contributed by atoms with E-state index in [0.717, 1.165) is 51.1 Å². The fourth-order valence-corrected chi connectivity index (χ4v) is 4.27. The van der Waals surface area contributed by atoms with E-state index in [9.17, 15) is 9.18 Å². The molecule has 2 N–H and O–H groups in total. The molecule has 158 valence electrons. The Morgan fingerprint density at radius 1 is 1.33 bits per heavy atom. The number of aldehydes is 1. The molecule has 2 fully saturated rings. The minimum Gasteiger partial charge on any atom is -0.381 e. The summed E-state index contributed by atoms with van der Waals surface area (Å²) in [6, 6.07) is 7.73. The number of aromatic nitrogens is 1. The molecule has 0 aliphatic carbocycles. The highest BCUT2D eigenvalue weighted by atomic mass is 19.1. The van der Waals surface area contributed by atoms with E-state index in [4.69, 9.17) is 10.1 Å². The number of anilines is 3. The predicted octanol–water partition coefficient (Wildman–Crippen LogP) is 4.42. The van der Waals surface area contributed by atoms with Gasteiger partial charge < -0.3 is 20.4 Å². The summed E-state index contributed by atoms with van der Waals surface area (Å²) in [5.41, 5.74) is 3.08. The summed E-state index contributed by atoms with van der Waals surface area (Å²) in [5.74, 6) is 0.0990. The Morgan fingerprint density at radius 2 is 2.07 bits per heavy atom. The largest absolute Gasteiger partial charge is 0.381 e. The summed E-state index contributed by atoms with van der Waals surface area (Å²) in [6.45, 7) is 7.18. The number of carbonyl (C=O) groups is 1. The standard InChI is InChI=1S/C23H27FN4O2/c1-15(2)21(25)20-19(28-12-23(13-28)8-3-9-30-14-23)10-18(11-29)27-22(20)26-17-6-4-16(24)5-7-17/h4-7,10-11,15,25H,3,8-9,12-14H2,1-2H3,(H,26,27). The average molecular weight is 410 g/mol. The van der Waals surface area contributed by atoms with Crippen molar-refractivity contribution in [1.82, 2.24) is 4.98 Å². The van der Waals surface area contributed by atoms with E-state index in [0.29, 0.717) is 28.5 Å². The molecular formula is C23H27FN4O2. The lowest BCUT2D eigenvalue weighted by Crippen LogP contribution is -2.60. The molecule has 0 radical (unpaired) electrons. The fraction of sp³-hybridized carbons (Fsp3) is 0.435. The summed E-state index contributed by atoms with van der Waals surface area (Å²) in [6.07, 6.45) is 2.92. The van der Waals surface area contributed by atoms with Crippen LogP contribution in [0.15, 0.2) is 30.3 Å². The maximum atomic E-state index is 13.3. The molecule has 30 heavy (non-hydrogen) atoms. The van der Waals surface area contributed by atoms with Crippen LogP contribution in [0, 0.1) is 22.6 Å². The van der Waals surface area contributed by atoms with Gasteiger partial charge in [-0.2, -0.15) is 0 Å². The molecule has 2 aliphatic heterocycles. The van der Waals surface area contributed by atoms with Gasteiger partial charge in [0.15, 0.2) is 6.29 Å². The van der Waals surface area contributed by atoms with E-state index in [1.807, 2.05) is 13.8 Å². The molecule has 1 aromatic heterocycles. The van der Waals surface area contributed by atoms with Crippen LogP contribution in [0.5, 0.6) is 0 Å². The second-order valence-corrected chi connectivity index (χ2v) is 8.62. The van der Waals surface area contributed by atoms with Crippen molar-refractivity contribution in [1.29, 1.82) is 5.41 Å². The van der Waals surface area contributed by atoms with Crippen LogP contribution in [-0.4, -0.2) is 43.3 Å². The molecule has 0 amide bonds. The number of carbonyl (C=O) groups excluding carboxylic acids is 1. The van der Waals surface area contributed by atoms with Crippen molar-refractivity contribution in [2.24, 2.45) is 11.3 Å². The van der Waals surface area contributed by atoms with Gasteiger partial charge in [0.1, 0.15) is 17.3 Å². The smallest absolute Gasteiger partial charge is 0.168 e. The van der Waals surface area contributed by atoms with Crippen LogP contribution in [0.3, 0.4) is 0 Å². The van der Waals surface area contributed by atoms with E-state index in [-0.39, 0.29) is 17.2 Å². The zero-order valence-corrected chi connectivity index (χ0v) is 17.4. The third kappa shape index (κ3) is 3.94. The molecule has 0 atom stereocenters. The molecule has 3 heterocycles. The number of halogens is 1. The van der Waals surface area contributed by atoms with Crippen LogP contribution in [0.2, 0.25) is 0 Å². The summed E-state index contributed by atoms with van der Waals surface area (Å²) >= 11 is 0. The Balaban J connectivity index is 1.73. The third-order valence-corrected chi connectivity index (χ3v) is 5.89. The normalized spacial score (nSPS) is 17.7. The van der Waals surface area contributed by atoms with Crippen LogP contribution in [-0.2, 0) is 4.74 Å². The van der Waals surface area contributed by atoms with Gasteiger partial charge in [-0.15, -0.1) is 0 Å². The van der Waals surface area contributed by atoms with Crippen LogP contribution >= 0.6 is 0 Å². The quantitative estimate of drug-likeness (QED) is 0.545. The van der Waals surface area contributed by atoms with Gasteiger partial charge in [-0.25, -0.2) is 9.37 Å². The van der Waals surface area contributed by atoms with E-state index in [2.05, 4.69) is 15.2 Å². The Labute approximate surface area is 176 Å². The SMILES string of the molecule is CC(C)C(=N)c1c(N2CC3(CCCOC3)C2)cc(C=O)nc1Nc1ccc(F)cc1. The minimum atomic E-state index is -0.327. The van der Waals surface area contributed by atoms with Crippen LogP contribution in [0.4, 0.5) is 21.6 Å². The van der Waals surface area contributed by atoms with Crippen LogP contribution in [0.1, 0.15) is 42.7 Å². The molecule has 2 aliphatic rings. The summed E-state index contributed by atoms with van der Waals surface area (Å²) < 4.78 is 19.0. The highest BCUT2D eigenvalue weighted by Gasteiger charge is 2.45. The highest BCUT2D eigenvalue weighted by Crippen LogP contribution is 2.43. The third-order valence-electron chi connectivity index (χ3n) is 5.89. The summed E-state index contributed by atoms with van der Waals surface area (Å²) in [5, 5.41) is 11.9. The monoisotopic (exact) mass is 410 g/mol. The number of hydrogen-bond acceptors (Lipinski definition) is 6. The number of nitrogens with zero attached hydrogens (tertiary/aromatic N) is 2. The first kappa shape index (κ1) is 20.5. The number of nitrogens with one attached hydrogen (secondary N) is 2. The Morgan fingerprint density at radius 3 is 2.67 bits per heavy atom. The Hall–Kier alpha value is -2.80. The molecule has 0 unspecified atom stereocenters. The van der Waals surface area contributed by atoms with Gasteiger partial charge in [-0.3, -0.25) is 4.79 Å². The number of ether oxygens (including phenoxy) is 1. The molecule has 1 aromatic carbocycles. The van der Waals surface area contributed by atoms with Gasteiger partial charge in [0.05, 0.1) is 17.9 Å². The van der Waals surface area contributed by atoms with Gasteiger partial charge in [0.2, 0.25) is 0 Å². The molecule has 4 rings (SSSR count). The van der Waals surface area contributed by atoms with Gasteiger partial charge in [-0.05, 0) is 49.1 Å². The molecule has 2 saturated heterocycles. The topological polar surface area (TPSA) is 78.3 Å². The second-order valence-electron chi connectivity index (χ2n) is 8.62. The van der Waals surface area contributed by atoms with Crippen molar-refractivity contribution in [3.8, 4) is 0 Å². The second kappa shape index (κ2) is 8.14. The first-order valence-corrected chi connectivity index (χ1v) is 10.4. The average Bonchev–Trinajstić information content (AvgIpc) is 2.73. The van der Waals surface area contributed by atoms with E-state index >= 15 is 0 Å². The Kier molecular flexibility index (Phi) is 5.56. The summed E-state index contributed by atoms with van der Waals surface area (Å²) in [4.78, 5) is 18.3. The molecule has 7 heteroatoms. The lowest BCUT2D eigenvalue weighted by molar-refractivity contribution is -0.0234. The number of pyridine rings is 1. The van der Waals surface area contributed by atoms with E-state index in [1.165, 1.54) is 12.1 Å². The lowest BCUT2D eigenvalue weighted by Gasteiger charge is -2.53. The number of rotatable bonds is 6. The molecule has 0 bridgehead atoms. The molecular weight excluding hydrogens is 383 g/mol. The van der Waals surface area contributed by atoms with Gasteiger partial charge >= 0.3 is 0 Å². The molecule has 1 spiro atoms. The molecule has 0 saturated carbocycles. The van der Waals surface area contributed by atoms with E-state index in [1.54, 1.807) is 18.2 Å². The lowest BCUT2D eigenvalue weighted by atomic mass is 9.75. The fourth-order valence-electron chi connectivity index (χ4n) is 4.27. The Bertz CT molecular complexity index is 944. The van der Waals surface area contributed by atoms with Crippen molar-refractivity contribution >= 4 is 29.2 Å². The molecule has 2 aromatic rings. The van der Waals surface area contributed by atoms with Crippen molar-refractivity contribution < 1.29 is 13.9 Å². The van der Waals surface area contributed by atoms with Crippen molar-refractivity contribution in [3.63, 3.8) is 0 Å². The van der Waals surface area contributed by atoms with E-state index < -0.39 is 0 Å². The van der Waals surface area contributed by atoms with Crippen molar-refractivity contribution in [2.45, 2.75) is 26.7 Å². The highest BCUT2D eigenvalue weighted by molar-refractivity contribution is 6.09. The van der Waals surface area contributed by atoms with Crippen molar-refractivity contribution in [3.05, 3.63) is 47.4 Å². The minimum absolute atomic E-state index is 0.0188. The zero-order valence-electron chi connectivity index (χ0n) is 17.4. The maximum Gasteiger partial charge on any atom is 0.168 e. The first-order chi connectivity index (χ1) is 14.4. The maximum absolute atomic E-state index is 13.3. The predicted molar refractivity (Wildman–Crippen MR) is 116 cm³/mol. The number of hydrogen-bond donors (Lipinski definition) is 2. The van der Waals surface area contributed by atoms with Crippen molar-refractivity contribution in [2.75, 3.05) is 36.5 Å².